The first-order valence-electron chi connectivity index (χ1n) is 9.12. The van der Waals surface area contributed by atoms with Crippen molar-refractivity contribution in [3.63, 3.8) is 0 Å². The molecular weight excluding hydrogens is 344 g/mol. The Labute approximate surface area is 159 Å². The summed E-state index contributed by atoms with van der Waals surface area (Å²) in [5.41, 5.74) is 2.19. The summed E-state index contributed by atoms with van der Waals surface area (Å²) in [7, 11) is 1.58. The van der Waals surface area contributed by atoms with Gasteiger partial charge in [-0.2, -0.15) is 0 Å². The van der Waals surface area contributed by atoms with Crippen LogP contribution in [0.4, 0.5) is 11.5 Å². The molecule has 7 nitrogen and oxygen atoms in total. The minimum atomic E-state index is -0.216. The van der Waals surface area contributed by atoms with Crippen LogP contribution in [0.15, 0.2) is 36.5 Å². The lowest BCUT2D eigenvalue weighted by Gasteiger charge is -2.26. The van der Waals surface area contributed by atoms with Gasteiger partial charge in [-0.05, 0) is 36.8 Å². The van der Waals surface area contributed by atoms with Crippen molar-refractivity contribution in [1.82, 2.24) is 9.88 Å². The van der Waals surface area contributed by atoms with Crippen molar-refractivity contribution in [3.05, 3.63) is 47.7 Å². The van der Waals surface area contributed by atoms with Crippen molar-refractivity contribution in [2.75, 3.05) is 57.1 Å². The molecule has 2 heterocycles. The summed E-state index contributed by atoms with van der Waals surface area (Å²) in [5.74, 6) is 1.17. The van der Waals surface area contributed by atoms with Gasteiger partial charge in [0, 0.05) is 32.4 Å². The van der Waals surface area contributed by atoms with Crippen molar-refractivity contribution in [1.29, 1.82) is 0 Å². The normalized spacial score (nSPS) is 14.6. The molecular formula is C20H26N4O3. The lowest BCUT2D eigenvalue weighted by Crippen LogP contribution is -2.39. The Morgan fingerprint density at radius 1 is 1.26 bits per heavy atom. The number of pyridine rings is 1. The Hall–Kier alpha value is -2.64. The Bertz CT molecular complexity index is 758. The van der Waals surface area contributed by atoms with Crippen LogP contribution in [0, 0.1) is 6.92 Å². The Balaban J connectivity index is 1.53. The molecule has 1 aliphatic heterocycles. The largest absolute Gasteiger partial charge is 0.495 e. The smallest absolute Gasteiger partial charge is 0.257 e. The number of nitrogens with zero attached hydrogens (tertiary/aromatic N) is 2. The lowest BCUT2D eigenvalue weighted by molar-refractivity contribution is 0.0398. The van der Waals surface area contributed by atoms with Gasteiger partial charge in [0.15, 0.2) is 0 Å². The number of amides is 1. The number of ether oxygens (including phenoxy) is 2. The van der Waals surface area contributed by atoms with Crippen LogP contribution in [-0.2, 0) is 4.74 Å². The lowest BCUT2D eigenvalue weighted by atomic mass is 10.2. The van der Waals surface area contributed by atoms with Crippen LogP contribution >= 0.6 is 0 Å². The van der Waals surface area contributed by atoms with Gasteiger partial charge in [-0.15, -0.1) is 0 Å². The van der Waals surface area contributed by atoms with Crippen LogP contribution in [0.3, 0.4) is 0 Å². The molecule has 1 saturated heterocycles. The molecule has 1 fully saturated rings. The van der Waals surface area contributed by atoms with E-state index in [1.165, 1.54) is 0 Å². The first kappa shape index (κ1) is 19.1. The van der Waals surface area contributed by atoms with E-state index in [1.54, 1.807) is 19.4 Å². The maximum atomic E-state index is 12.5. The number of rotatable bonds is 7. The molecule has 0 spiro atoms. The summed E-state index contributed by atoms with van der Waals surface area (Å²) in [5, 5.41) is 6.17. The molecule has 27 heavy (non-hydrogen) atoms. The molecule has 0 atom stereocenters. The Morgan fingerprint density at radius 3 is 2.78 bits per heavy atom. The summed E-state index contributed by atoms with van der Waals surface area (Å²) in [6.45, 7) is 7.25. The molecule has 1 aromatic heterocycles. The molecule has 1 amide bonds. The van der Waals surface area contributed by atoms with Gasteiger partial charge in [-0.25, -0.2) is 4.98 Å². The van der Waals surface area contributed by atoms with Gasteiger partial charge in [0.25, 0.3) is 5.91 Å². The molecule has 0 saturated carbocycles. The Kier molecular flexibility index (Phi) is 6.62. The van der Waals surface area contributed by atoms with E-state index < -0.39 is 0 Å². The standard InChI is InChI=1S/C20H26N4O3/c1-15-3-5-18(26-2)17(13-15)23-20(25)16-4-6-19(22-14-16)21-7-8-24-9-11-27-12-10-24/h3-6,13-14H,7-12H2,1-2H3,(H,21,22)(H,23,25). The molecule has 0 unspecified atom stereocenters. The minimum Gasteiger partial charge on any atom is -0.495 e. The van der Waals surface area contributed by atoms with Gasteiger partial charge in [0.05, 0.1) is 31.6 Å². The van der Waals surface area contributed by atoms with Crippen LogP contribution in [0.2, 0.25) is 0 Å². The van der Waals surface area contributed by atoms with Crippen LogP contribution in [0.1, 0.15) is 15.9 Å². The van der Waals surface area contributed by atoms with Crippen LogP contribution in [-0.4, -0.2) is 62.3 Å². The van der Waals surface area contributed by atoms with Gasteiger partial charge in [-0.1, -0.05) is 6.07 Å². The maximum absolute atomic E-state index is 12.5. The summed E-state index contributed by atoms with van der Waals surface area (Å²) in [6.07, 6.45) is 1.58. The third kappa shape index (κ3) is 5.42. The van der Waals surface area contributed by atoms with E-state index >= 15 is 0 Å². The molecule has 0 aliphatic carbocycles. The van der Waals surface area contributed by atoms with E-state index in [4.69, 9.17) is 9.47 Å². The average Bonchev–Trinajstić information content (AvgIpc) is 2.69. The number of aryl methyl sites for hydroxylation is 1. The van der Waals surface area contributed by atoms with E-state index in [2.05, 4.69) is 20.5 Å². The van der Waals surface area contributed by atoms with Gasteiger partial charge < -0.3 is 20.1 Å². The topological polar surface area (TPSA) is 75.7 Å². The van der Waals surface area contributed by atoms with Crippen molar-refractivity contribution < 1.29 is 14.3 Å². The van der Waals surface area contributed by atoms with E-state index in [0.29, 0.717) is 17.0 Å². The van der Waals surface area contributed by atoms with Crippen molar-refractivity contribution in [3.8, 4) is 5.75 Å². The fourth-order valence-electron chi connectivity index (χ4n) is 2.91. The highest BCUT2D eigenvalue weighted by atomic mass is 16.5. The van der Waals surface area contributed by atoms with Gasteiger partial charge in [-0.3, -0.25) is 9.69 Å². The number of aromatic nitrogens is 1. The molecule has 3 rings (SSSR count). The first-order chi connectivity index (χ1) is 13.2. The quantitative estimate of drug-likeness (QED) is 0.780. The predicted octanol–water partition coefficient (Wildman–Crippen LogP) is 2.40. The maximum Gasteiger partial charge on any atom is 0.257 e. The van der Waals surface area contributed by atoms with Crippen LogP contribution in [0.5, 0.6) is 5.75 Å². The summed E-state index contributed by atoms with van der Waals surface area (Å²) in [6, 6.07) is 9.24. The number of hydrogen-bond donors (Lipinski definition) is 2. The summed E-state index contributed by atoms with van der Waals surface area (Å²) in [4.78, 5) is 19.2. The number of methoxy groups -OCH3 is 1. The fourth-order valence-corrected chi connectivity index (χ4v) is 2.91. The van der Waals surface area contributed by atoms with Crippen molar-refractivity contribution >= 4 is 17.4 Å². The SMILES string of the molecule is COc1ccc(C)cc1NC(=O)c1ccc(NCCN2CCOCC2)nc1. The van der Waals surface area contributed by atoms with Gasteiger partial charge in [0.2, 0.25) is 0 Å². The molecule has 1 aliphatic rings. The van der Waals surface area contributed by atoms with E-state index in [1.807, 2.05) is 31.2 Å². The fraction of sp³-hybridized carbons (Fsp3) is 0.400. The highest BCUT2D eigenvalue weighted by Crippen LogP contribution is 2.25. The number of carbonyl (C=O) groups excluding carboxylic acids is 1. The zero-order valence-corrected chi connectivity index (χ0v) is 15.8. The summed E-state index contributed by atoms with van der Waals surface area (Å²) >= 11 is 0. The number of benzene rings is 1. The van der Waals surface area contributed by atoms with E-state index in [0.717, 1.165) is 50.8 Å². The molecule has 0 radical (unpaired) electrons. The number of nitrogens with one attached hydrogen (secondary N) is 2. The van der Waals surface area contributed by atoms with Crippen LogP contribution < -0.4 is 15.4 Å². The zero-order chi connectivity index (χ0) is 19.1. The second-order valence-electron chi connectivity index (χ2n) is 6.47. The highest BCUT2D eigenvalue weighted by Gasteiger charge is 2.11. The monoisotopic (exact) mass is 370 g/mol. The molecule has 144 valence electrons. The minimum absolute atomic E-state index is 0.216. The van der Waals surface area contributed by atoms with Crippen LogP contribution in [0.25, 0.3) is 0 Å². The number of hydrogen-bond acceptors (Lipinski definition) is 6. The zero-order valence-electron chi connectivity index (χ0n) is 15.8. The average molecular weight is 370 g/mol. The first-order valence-corrected chi connectivity index (χ1v) is 9.12. The molecule has 2 N–H and O–H groups in total. The number of carbonyl (C=O) groups is 1. The third-order valence-corrected chi connectivity index (χ3v) is 4.47. The van der Waals surface area contributed by atoms with Gasteiger partial charge >= 0.3 is 0 Å². The molecule has 1 aromatic carbocycles. The molecule has 2 aromatic rings. The van der Waals surface area contributed by atoms with E-state index in [9.17, 15) is 4.79 Å². The number of morpholine rings is 1. The van der Waals surface area contributed by atoms with Crippen molar-refractivity contribution in [2.24, 2.45) is 0 Å². The van der Waals surface area contributed by atoms with Crippen molar-refractivity contribution in [2.45, 2.75) is 6.92 Å². The second kappa shape index (κ2) is 9.34. The molecule has 7 heteroatoms. The third-order valence-electron chi connectivity index (χ3n) is 4.47. The van der Waals surface area contributed by atoms with Gasteiger partial charge in [0.1, 0.15) is 11.6 Å². The predicted molar refractivity (Wildman–Crippen MR) is 106 cm³/mol. The Morgan fingerprint density at radius 2 is 2.07 bits per heavy atom. The highest BCUT2D eigenvalue weighted by molar-refractivity contribution is 6.05. The second-order valence-corrected chi connectivity index (χ2v) is 6.47. The summed E-state index contributed by atoms with van der Waals surface area (Å²) < 4.78 is 10.6. The number of anilines is 2. The van der Waals surface area contributed by atoms with E-state index in [-0.39, 0.29) is 5.91 Å². The molecule has 0 bridgehead atoms.